The molecule has 2 rings (SSSR count). The lowest BCUT2D eigenvalue weighted by Gasteiger charge is -2.34. The van der Waals surface area contributed by atoms with Gasteiger partial charge in [-0.25, -0.2) is 4.79 Å². The SMILES string of the molecule is CCN(C[C@@H]1CCCN(C(=O)OCc2ccccc2)C1)C(=O)CN. The Kier molecular flexibility index (Phi) is 7.06. The van der Waals surface area contributed by atoms with E-state index in [9.17, 15) is 9.59 Å². The number of nitrogens with two attached hydrogens (primary N) is 1. The molecule has 132 valence electrons. The molecule has 2 amide bonds. The molecule has 1 aliphatic heterocycles. The fraction of sp³-hybridized carbons (Fsp3) is 0.556. The number of likely N-dealkylation sites (N-methyl/N-ethyl adjacent to an activating group) is 1. The van der Waals surface area contributed by atoms with Crippen LogP contribution in [0, 0.1) is 5.92 Å². The molecule has 0 unspecified atom stereocenters. The number of nitrogens with zero attached hydrogens (tertiary/aromatic N) is 2. The van der Waals surface area contributed by atoms with E-state index in [0.717, 1.165) is 18.4 Å². The van der Waals surface area contributed by atoms with Gasteiger partial charge in [-0.1, -0.05) is 30.3 Å². The molecule has 24 heavy (non-hydrogen) atoms. The van der Waals surface area contributed by atoms with Crippen LogP contribution in [0.25, 0.3) is 0 Å². The van der Waals surface area contributed by atoms with E-state index in [1.807, 2.05) is 37.3 Å². The third-order valence-electron chi connectivity index (χ3n) is 4.37. The number of carbonyl (C=O) groups is 2. The quantitative estimate of drug-likeness (QED) is 0.862. The number of piperidine rings is 1. The molecule has 2 N–H and O–H groups in total. The number of hydrogen-bond donors (Lipinski definition) is 1. The van der Waals surface area contributed by atoms with Gasteiger partial charge in [-0.15, -0.1) is 0 Å². The zero-order valence-electron chi connectivity index (χ0n) is 14.3. The van der Waals surface area contributed by atoms with Crippen molar-refractivity contribution in [3.63, 3.8) is 0 Å². The summed E-state index contributed by atoms with van der Waals surface area (Å²) in [6.07, 6.45) is 1.66. The van der Waals surface area contributed by atoms with E-state index in [1.165, 1.54) is 0 Å². The number of rotatable bonds is 6. The molecule has 1 saturated heterocycles. The van der Waals surface area contributed by atoms with E-state index in [-0.39, 0.29) is 31.1 Å². The Bertz CT molecular complexity index is 536. The second kappa shape index (κ2) is 9.27. The molecule has 1 aromatic rings. The topological polar surface area (TPSA) is 75.9 Å². The summed E-state index contributed by atoms with van der Waals surface area (Å²) in [5.41, 5.74) is 6.43. The average molecular weight is 333 g/mol. The molecular weight excluding hydrogens is 306 g/mol. The number of ether oxygens (including phenoxy) is 1. The Morgan fingerprint density at radius 2 is 2.08 bits per heavy atom. The van der Waals surface area contributed by atoms with Crippen LogP contribution in [0.5, 0.6) is 0 Å². The molecule has 1 heterocycles. The molecule has 1 aliphatic rings. The number of carbonyl (C=O) groups excluding carboxylic acids is 2. The van der Waals surface area contributed by atoms with Crippen LogP contribution in [0.3, 0.4) is 0 Å². The molecule has 1 atom stereocenters. The van der Waals surface area contributed by atoms with Crippen LogP contribution in [0.1, 0.15) is 25.3 Å². The van der Waals surface area contributed by atoms with Crippen molar-refractivity contribution in [3.8, 4) is 0 Å². The van der Waals surface area contributed by atoms with E-state index in [2.05, 4.69) is 0 Å². The highest BCUT2D eigenvalue weighted by molar-refractivity contribution is 5.78. The van der Waals surface area contributed by atoms with E-state index in [4.69, 9.17) is 10.5 Å². The summed E-state index contributed by atoms with van der Waals surface area (Å²) in [7, 11) is 0. The summed E-state index contributed by atoms with van der Waals surface area (Å²) in [5, 5.41) is 0. The van der Waals surface area contributed by atoms with Gasteiger partial charge in [-0.05, 0) is 31.2 Å². The number of hydrogen-bond acceptors (Lipinski definition) is 4. The molecule has 0 bridgehead atoms. The minimum atomic E-state index is -0.281. The highest BCUT2D eigenvalue weighted by Crippen LogP contribution is 2.19. The van der Waals surface area contributed by atoms with Crippen molar-refractivity contribution in [2.24, 2.45) is 11.7 Å². The number of amides is 2. The van der Waals surface area contributed by atoms with Crippen molar-refractivity contribution in [3.05, 3.63) is 35.9 Å². The Balaban J connectivity index is 1.83. The zero-order valence-corrected chi connectivity index (χ0v) is 14.3. The van der Waals surface area contributed by atoms with Gasteiger partial charge in [-0.2, -0.15) is 0 Å². The molecule has 6 heteroatoms. The summed E-state index contributed by atoms with van der Waals surface area (Å²) in [5.74, 6) is 0.236. The van der Waals surface area contributed by atoms with Gasteiger partial charge >= 0.3 is 6.09 Å². The maximum absolute atomic E-state index is 12.3. The third-order valence-corrected chi connectivity index (χ3v) is 4.37. The smallest absolute Gasteiger partial charge is 0.410 e. The zero-order chi connectivity index (χ0) is 17.4. The van der Waals surface area contributed by atoms with E-state index >= 15 is 0 Å². The van der Waals surface area contributed by atoms with Crippen LogP contribution < -0.4 is 5.73 Å². The first-order valence-corrected chi connectivity index (χ1v) is 8.57. The lowest BCUT2D eigenvalue weighted by molar-refractivity contribution is -0.130. The molecule has 0 saturated carbocycles. The standard InChI is InChI=1S/C18H27N3O3/c1-2-20(17(22)11-19)12-16-9-6-10-21(13-16)18(23)24-14-15-7-4-3-5-8-15/h3-5,7-8,16H,2,6,9-14,19H2,1H3/t16-/m0/s1. The molecule has 1 fully saturated rings. The van der Waals surface area contributed by atoms with Crippen LogP contribution in [-0.4, -0.2) is 54.5 Å². The molecule has 0 aromatic heterocycles. The van der Waals surface area contributed by atoms with Gasteiger partial charge in [0.05, 0.1) is 6.54 Å². The Morgan fingerprint density at radius 3 is 2.75 bits per heavy atom. The van der Waals surface area contributed by atoms with Gasteiger partial charge in [0, 0.05) is 26.2 Å². The lowest BCUT2D eigenvalue weighted by atomic mass is 9.97. The highest BCUT2D eigenvalue weighted by Gasteiger charge is 2.26. The second-order valence-corrected chi connectivity index (χ2v) is 6.13. The van der Waals surface area contributed by atoms with Gasteiger partial charge in [0.25, 0.3) is 0 Å². The van der Waals surface area contributed by atoms with Gasteiger partial charge < -0.3 is 20.3 Å². The Labute approximate surface area is 143 Å². The maximum Gasteiger partial charge on any atom is 0.410 e. The number of benzene rings is 1. The first kappa shape index (κ1) is 18.3. The first-order valence-electron chi connectivity index (χ1n) is 8.57. The first-order chi connectivity index (χ1) is 11.6. The Morgan fingerprint density at radius 1 is 1.33 bits per heavy atom. The largest absolute Gasteiger partial charge is 0.445 e. The predicted molar refractivity (Wildman–Crippen MR) is 92.2 cm³/mol. The summed E-state index contributed by atoms with van der Waals surface area (Å²) in [4.78, 5) is 27.6. The fourth-order valence-electron chi connectivity index (χ4n) is 3.04. The van der Waals surface area contributed by atoms with Gasteiger partial charge in [0.2, 0.25) is 5.91 Å². The van der Waals surface area contributed by atoms with Crippen LogP contribution in [0.15, 0.2) is 30.3 Å². The predicted octanol–water partition coefficient (Wildman–Crippen LogP) is 1.84. The minimum Gasteiger partial charge on any atom is -0.445 e. The van der Waals surface area contributed by atoms with E-state index < -0.39 is 0 Å². The highest BCUT2D eigenvalue weighted by atomic mass is 16.6. The molecule has 0 aliphatic carbocycles. The third kappa shape index (κ3) is 5.23. The fourth-order valence-corrected chi connectivity index (χ4v) is 3.04. The van der Waals surface area contributed by atoms with Crippen molar-refractivity contribution in [2.75, 3.05) is 32.7 Å². The van der Waals surface area contributed by atoms with Gasteiger partial charge in [-0.3, -0.25) is 4.79 Å². The summed E-state index contributed by atoms with van der Waals surface area (Å²) in [6, 6.07) is 9.65. The van der Waals surface area contributed by atoms with Crippen LogP contribution in [0.4, 0.5) is 4.79 Å². The second-order valence-electron chi connectivity index (χ2n) is 6.13. The van der Waals surface area contributed by atoms with Crippen LogP contribution >= 0.6 is 0 Å². The average Bonchev–Trinajstić information content (AvgIpc) is 2.64. The maximum atomic E-state index is 12.3. The van der Waals surface area contributed by atoms with Gasteiger partial charge in [0.1, 0.15) is 6.61 Å². The normalized spacial score (nSPS) is 17.4. The molecule has 0 spiro atoms. The molecule has 1 aromatic carbocycles. The summed E-state index contributed by atoms with van der Waals surface area (Å²) < 4.78 is 5.40. The van der Waals surface area contributed by atoms with Crippen molar-refractivity contribution in [1.82, 2.24) is 9.80 Å². The van der Waals surface area contributed by atoms with E-state index in [0.29, 0.717) is 26.2 Å². The molecular formula is C18H27N3O3. The van der Waals surface area contributed by atoms with E-state index in [1.54, 1.807) is 9.80 Å². The summed E-state index contributed by atoms with van der Waals surface area (Å²) >= 11 is 0. The molecule has 0 radical (unpaired) electrons. The lowest BCUT2D eigenvalue weighted by Crippen LogP contribution is -2.46. The van der Waals surface area contributed by atoms with Gasteiger partial charge in [0.15, 0.2) is 0 Å². The van der Waals surface area contributed by atoms with Crippen molar-refractivity contribution >= 4 is 12.0 Å². The Hall–Kier alpha value is -2.08. The van der Waals surface area contributed by atoms with Crippen LogP contribution in [0.2, 0.25) is 0 Å². The van der Waals surface area contributed by atoms with Crippen LogP contribution in [-0.2, 0) is 16.1 Å². The monoisotopic (exact) mass is 333 g/mol. The summed E-state index contributed by atoms with van der Waals surface area (Å²) in [6.45, 7) is 4.89. The number of likely N-dealkylation sites (tertiary alicyclic amines) is 1. The molecule has 6 nitrogen and oxygen atoms in total. The minimum absolute atomic E-state index is 0.0311. The van der Waals surface area contributed by atoms with Crippen molar-refractivity contribution in [1.29, 1.82) is 0 Å². The van der Waals surface area contributed by atoms with Crippen molar-refractivity contribution < 1.29 is 14.3 Å². The van der Waals surface area contributed by atoms with Crippen molar-refractivity contribution in [2.45, 2.75) is 26.4 Å².